The van der Waals surface area contributed by atoms with Gasteiger partial charge in [0.05, 0.1) is 12.8 Å². The number of aryl methyl sites for hydroxylation is 1. The molecule has 0 aliphatic heterocycles. The van der Waals surface area contributed by atoms with Crippen molar-refractivity contribution in [1.82, 2.24) is 0 Å². The third kappa shape index (κ3) is 1.66. The smallest absolute Gasteiger partial charge is 0.124 e. The fourth-order valence-electron chi connectivity index (χ4n) is 0.933. The van der Waals surface area contributed by atoms with Gasteiger partial charge in [0.1, 0.15) is 5.75 Å². The van der Waals surface area contributed by atoms with Gasteiger partial charge in [-0.15, -0.1) is 5.23 Å². The summed E-state index contributed by atoms with van der Waals surface area (Å²) in [6.45, 7) is 1.88. The van der Waals surface area contributed by atoms with E-state index in [-0.39, 0.29) is 10.9 Å². The van der Waals surface area contributed by atoms with E-state index >= 15 is 0 Å². The fraction of sp³-hybridized carbons (Fsp3) is 0.250. The average molecular weight is 169 g/mol. The lowest BCUT2D eigenvalue weighted by atomic mass is 10.2. The number of hydrogen-bond donors (Lipinski definition) is 2. The summed E-state index contributed by atoms with van der Waals surface area (Å²) in [5.74, 6) is 0.626. The standard InChI is InChI=1S/C8H11NO3/c1-6-3-4-7(9(10)11)5-8(6)12-2/h3-5,10-11H,1-2H3. The second-order valence-electron chi connectivity index (χ2n) is 2.44. The first-order valence-corrected chi connectivity index (χ1v) is 3.47. The van der Waals surface area contributed by atoms with Crippen LogP contribution in [-0.4, -0.2) is 17.5 Å². The van der Waals surface area contributed by atoms with Crippen LogP contribution in [0.1, 0.15) is 5.56 Å². The molecule has 0 fully saturated rings. The van der Waals surface area contributed by atoms with Crippen molar-refractivity contribution in [2.24, 2.45) is 0 Å². The Bertz CT molecular complexity index is 273. The topological polar surface area (TPSA) is 52.9 Å². The van der Waals surface area contributed by atoms with Crippen molar-refractivity contribution < 1.29 is 15.2 Å². The summed E-state index contributed by atoms with van der Waals surface area (Å²) in [4.78, 5) is 0. The van der Waals surface area contributed by atoms with Crippen LogP contribution in [0.2, 0.25) is 0 Å². The lowest BCUT2D eigenvalue weighted by Gasteiger charge is -2.10. The molecule has 0 heterocycles. The van der Waals surface area contributed by atoms with Gasteiger partial charge in [0.25, 0.3) is 0 Å². The zero-order valence-corrected chi connectivity index (χ0v) is 6.98. The Labute approximate surface area is 70.5 Å². The molecule has 0 unspecified atom stereocenters. The van der Waals surface area contributed by atoms with Gasteiger partial charge in [-0.05, 0) is 18.6 Å². The Morgan fingerprint density at radius 1 is 1.33 bits per heavy atom. The predicted molar refractivity (Wildman–Crippen MR) is 43.8 cm³/mol. The van der Waals surface area contributed by atoms with Gasteiger partial charge in [-0.3, -0.25) is 10.4 Å². The first-order valence-electron chi connectivity index (χ1n) is 3.47. The molecule has 0 atom stereocenters. The molecular formula is C8H11NO3. The molecule has 0 aliphatic carbocycles. The van der Waals surface area contributed by atoms with E-state index in [1.165, 1.54) is 13.2 Å². The maximum absolute atomic E-state index is 8.67. The minimum atomic E-state index is 0.0575. The lowest BCUT2D eigenvalue weighted by molar-refractivity contribution is 0.0290. The number of hydrogen-bond acceptors (Lipinski definition) is 4. The normalized spacial score (nSPS) is 9.67. The lowest BCUT2D eigenvalue weighted by Crippen LogP contribution is -2.10. The summed E-state index contributed by atoms with van der Waals surface area (Å²) in [6, 6.07) is 4.86. The Balaban J connectivity index is 3.05. The van der Waals surface area contributed by atoms with Crippen LogP contribution in [0.25, 0.3) is 0 Å². The average Bonchev–Trinajstić information content (AvgIpc) is 2.05. The van der Waals surface area contributed by atoms with Crippen LogP contribution in [0.5, 0.6) is 5.75 Å². The van der Waals surface area contributed by atoms with Crippen LogP contribution in [0.15, 0.2) is 18.2 Å². The molecule has 4 heteroatoms. The van der Waals surface area contributed by atoms with Crippen LogP contribution in [0.3, 0.4) is 0 Å². The minimum absolute atomic E-state index is 0.0575. The second-order valence-corrected chi connectivity index (χ2v) is 2.44. The molecule has 0 aromatic heterocycles. The van der Waals surface area contributed by atoms with Gasteiger partial charge >= 0.3 is 0 Å². The molecule has 0 saturated carbocycles. The number of ether oxygens (including phenoxy) is 1. The van der Waals surface area contributed by atoms with Gasteiger partial charge in [-0.1, -0.05) is 6.07 Å². The van der Waals surface area contributed by atoms with Crippen LogP contribution >= 0.6 is 0 Å². The van der Waals surface area contributed by atoms with E-state index in [0.29, 0.717) is 5.75 Å². The van der Waals surface area contributed by atoms with Crippen molar-refractivity contribution in [3.8, 4) is 5.75 Å². The molecule has 0 saturated heterocycles. The van der Waals surface area contributed by atoms with Gasteiger partial charge in [0.15, 0.2) is 0 Å². The molecule has 66 valence electrons. The van der Waals surface area contributed by atoms with E-state index in [2.05, 4.69) is 0 Å². The van der Waals surface area contributed by atoms with Gasteiger partial charge in [0, 0.05) is 6.07 Å². The summed E-state index contributed by atoms with van der Waals surface area (Å²) in [5.41, 5.74) is 1.22. The molecule has 0 bridgehead atoms. The number of methoxy groups -OCH3 is 1. The van der Waals surface area contributed by atoms with E-state index in [4.69, 9.17) is 15.2 Å². The minimum Gasteiger partial charge on any atom is -0.496 e. The molecule has 4 nitrogen and oxygen atoms in total. The molecule has 1 aromatic rings. The van der Waals surface area contributed by atoms with Gasteiger partial charge in [-0.25, -0.2) is 0 Å². The molecule has 12 heavy (non-hydrogen) atoms. The summed E-state index contributed by atoms with van der Waals surface area (Å²) in [7, 11) is 1.53. The third-order valence-corrected chi connectivity index (χ3v) is 1.62. The number of anilines is 1. The fourth-order valence-corrected chi connectivity index (χ4v) is 0.933. The van der Waals surface area contributed by atoms with Crippen molar-refractivity contribution in [3.05, 3.63) is 23.8 Å². The Kier molecular flexibility index (Phi) is 2.52. The van der Waals surface area contributed by atoms with E-state index in [0.717, 1.165) is 5.56 Å². The van der Waals surface area contributed by atoms with Gasteiger partial charge in [0.2, 0.25) is 0 Å². The SMILES string of the molecule is COc1cc(N(O)O)ccc1C. The summed E-state index contributed by atoms with van der Waals surface area (Å²) in [5, 5.41) is 17.4. The van der Waals surface area contributed by atoms with Crippen LogP contribution in [0, 0.1) is 6.92 Å². The largest absolute Gasteiger partial charge is 0.496 e. The van der Waals surface area contributed by atoms with Crippen molar-refractivity contribution in [2.75, 3.05) is 12.3 Å². The van der Waals surface area contributed by atoms with Crippen LogP contribution in [-0.2, 0) is 0 Å². The maximum Gasteiger partial charge on any atom is 0.124 e. The van der Waals surface area contributed by atoms with Crippen molar-refractivity contribution >= 4 is 5.69 Å². The second kappa shape index (κ2) is 3.42. The molecule has 0 amide bonds. The number of rotatable bonds is 2. The quantitative estimate of drug-likeness (QED) is 0.660. The zero-order valence-electron chi connectivity index (χ0n) is 6.98. The Morgan fingerprint density at radius 3 is 2.50 bits per heavy atom. The highest BCUT2D eigenvalue weighted by molar-refractivity contribution is 5.50. The first-order chi connectivity index (χ1) is 5.65. The molecule has 0 radical (unpaired) electrons. The molecule has 0 aliphatic rings. The Hall–Kier alpha value is -1.26. The first kappa shape index (κ1) is 8.83. The number of nitrogens with zero attached hydrogens (tertiary/aromatic N) is 1. The predicted octanol–water partition coefficient (Wildman–Crippen LogP) is 1.59. The van der Waals surface area contributed by atoms with Crippen LogP contribution < -0.4 is 9.96 Å². The molecule has 1 aromatic carbocycles. The van der Waals surface area contributed by atoms with Crippen molar-refractivity contribution in [1.29, 1.82) is 0 Å². The molecular weight excluding hydrogens is 158 g/mol. The highest BCUT2D eigenvalue weighted by Crippen LogP contribution is 2.23. The van der Waals surface area contributed by atoms with Gasteiger partial charge in [-0.2, -0.15) is 0 Å². The highest BCUT2D eigenvalue weighted by atomic mass is 16.8. The van der Waals surface area contributed by atoms with Crippen molar-refractivity contribution in [3.63, 3.8) is 0 Å². The monoisotopic (exact) mass is 169 g/mol. The third-order valence-electron chi connectivity index (χ3n) is 1.62. The Morgan fingerprint density at radius 2 is 2.00 bits per heavy atom. The summed E-state index contributed by atoms with van der Waals surface area (Å²) in [6.07, 6.45) is 0. The van der Waals surface area contributed by atoms with E-state index < -0.39 is 0 Å². The van der Waals surface area contributed by atoms with E-state index in [1.54, 1.807) is 12.1 Å². The summed E-state index contributed by atoms with van der Waals surface area (Å²) < 4.78 is 4.99. The molecule has 2 N–H and O–H groups in total. The van der Waals surface area contributed by atoms with Crippen LogP contribution in [0.4, 0.5) is 5.69 Å². The maximum atomic E-state index is 8.67. The highest BCUT2D eigenvalue weighted by Gasteiger charge is 2.02. The van der Waals surface area contributed by atoms with E-state index in [1.807, 2.05) is 6.92 Å². The zero-order chi connectivity index (χ0) is 9.14. The number of benzene rings is 1. The van der Waals surface area contributed by atoms with Crippen molar-refractivity contribution in [2.45, 2.75) is 6.92 Å². The summed E-state index contributed by atoms with van der Waals surface area (Å²) >= 11 is 0. The van der Waals surface area contributed by atoms with E-state index in [9.17, 15) is 0 Å². The molecule has 0 spiro atoms. The van der Waals surface area contributed by atoms with Gasteiger partial charge < -0.3 is 4.74 Å². The molecule has 1 rings (SSSR count).